The molecule has 0 aromatic carbocycles. The summed E-state index contributed by atoms with van der Waals surface area (Å²) in [6.45, 7) is 2.31. The lowest BCUT2D eigenvalue weighted by atomic mass is 9.83. The van der Waals surface area contributed by atoms with Gasteiger partial charge in [-0.05, 0) is 51.4 Å². The van der Waals surface area contributed by atoms with Crippen LogP contribution in [0.3, 0.4) is 0 Å². The number of carbonyl (C=O) groups excluding carboxylic acids is 2. The Balaban J connectivity index is 1.72. The summed E-state index contributed by atoms with van der Waals surface area (Å²) in [6, 6.07) is 0.381. The number of rotatable bonds is 5. The van der Waals surface area contributed by atoms with E-state index in [1.54, 1.807) is 0 Å². The van der Waals surface area contributed by atoms with Crippen LogP contribution in [0.15, 0.2) is 0 Å². The normalized spacial score (nSPS) is 26.8. The predicted molar refractivity (Wildman–Crippen MR) is 72.5 cm³/mol. The van der Waals surface area contributed by atoms with Gasteiger partial charge in [-0.25, -0.2) is 0 Å². The highest BCUT2D eigenvalue weighted by molar-refractivity contribution is 5.81. The molecule has 0 spiro atoms. The maximum atomic E-state index is 12.0. The van der Waals surface area contributed by atoms with E-state index in [2.05, 4.69) is 0 Å². The van der Waals surface area contributed by atoms with Gasteiger partial charge in [0.05, 0.1) is 6.61 Å². The molecule has 4 nitrogen and oxygen atoms in total. The average molecular weight is 267 g/mol. The summed E-state index contributed by atoms with van der Waals surface area (Å²) >= 11 is 0. The molecule has 2 rings (SSSR count). The molecule has 4 heteroatoms. The quantitative estimate of drug-likeness (QED) is 0.718. The molecule has 1 amide bonds. The van der Waals surface area contributed by atoms with Crippen molar-refractivity contribution in [3.63, 3.8) is 0 Å². The molecule has 108 valence electrons. The molecule has 0 bridgehead atoms. The molecule has 0 N–H and O–H groups in total. The van der Waals surface area contributed by atoms with Crippen molar-refractivity contribution in [1.29, 1.82) is 0 Å². The van der Waals surface area contributed by atoms with Crippen molar-refractivity contribution >= 4 is 11.9 Å². The van der Waals surface area contributed by atoms with Gasteiger partial charge in [0, 0.05) is 25.4 Å². The van der Waals surface area contributed by atoms with Gasteiger partial charge in [-0.3, -0.25) is 9.59 Å². The van der Waals surface area contributed by atoms with Crippen LogP contribution in [0.1, 0.15) is 51.9 Å². The SMILES string of the molecule is CCOC(=O)C[C@H]1CC[C@H](N(C)C(=O)C2CC2)CC1. The molecule has 19 heavy (non-hydrogen) atoms. The topological polar surface area (TPSA) is 46.6 Å². The molecule has 2 aliphatic carbocycles. The van der Waals surface area contributed by atoms with E-state index in [0.717, 1.165) is 38.5 Å². The van der Waals surface area contributed by atoms with Crippen LogP contribution in [0.4, 0.5) is 0 Å². The third-order valence-corrected chi connectivity index (χ3v) is 4.40. The molecule has 0 aromatic rings. The minimum absolute atomic E-state index is 0.0756. The van der Waals surface area contributed by atoms with Crippen LogP contribution in [0.25, 0.3) is 0 Å². The van der Waals surface area contributed by atoms with Gasteiger partial charge in [0.2, 0.25) is 5.91 Å². The Kier molecular flexibility index (Phi) is 4.83. The van der Waals surface area contributed by atoms with Crippen molar-refractivity contribution < 1.29 is 14.3 Å². The minimum Gasteiger partial charge on any atom is -0.466 e. The Hall–Kier alpha value is -1.06. The molecule has 0 unspecified atom stereocenters. The van der Waals surface area contributed by atoms with E-state index < -0.39 is 0 Å². The second-order valence-electron chi connectivity index (χ2n) is 5.91. The maximum Gasteiger partial charge on any atom is 0.306 e. The largest absolute Gasteiger partial charge is 0.466 e. The first-order valence-corrected chi connectivity index (χ1v) is 7.54. The fourth-order valence-corrected chi connectivity index (χ4v) is 2.99. The van der Waals surface area contributed by atoms with Gasteiger partial charge in [-0.2, -0.15) is 0 Å². The molecular formula is C15H25NO3. The Labute approximate surface area is 115 Å². The Morgan fingerprint density at radius 3 is 2.26 bits per heavy atom. The molecule has 0 aromatic heterocycles. The first-order chi connectivity index (χ1) is 9.11. The summed E-state index contributed by atoms with van der Waals surface area (Å²) < 4.78 is 4.99. The number of hydrogen-bond acceptors (Lipinski definition) is 3. The van der Waals surface area contributed by atoms with Gasteiger partial charge in [0.25, 0.3) is 0 Å². The van der Waals surface area contributed by atoms with E-state index >= 15 is 0 Å². The highest BCUT2D eigenvalue weighted by Gasteiger charge is 2.35. The Morgan fingerprint density at radius 1 is 1.11 bits per heavy atom. The average Bonchev–Trinajstić information content (AvgIpc) is 3.22. The summed E-state index contributed by atoms with van der Waals surface area (Å²) in [6.07, 6.45) is 6.80. The van der Waals surface area contributed by atoms with E-state index in [0.29, 0.717) is 36.8 Å². The molecule has 2 saturated carbocycles. The fourth-order valence-electron chi connectivity index (χ4n) is 2.99. The van der Waals surface area contributed by atoms with Gasteiger partial charge >= 0.3 is 5.97 Å². The third kappa shape index (κ3) is 3.95. The lowest BCUT2D eigenvalue weighted by Crippen LogP contribution is -2.40. The second kappa shape index (κ2) is 6.40. The minimum atomic E-state index is -0.0756. The molecule has 2 aliphatic rings. The van der Waals surface area contributed by atoms with Crippen molar-refractivity contribution in [2.24, 2.45) is 11.8 Å². The van der Waals surface area contributed by atoms with Crippen LogP contribution in [0.2, 0.25) is 0 Å². The number of esters is 1. The van der Waals surface area contributed by atoms with E-state index in [1.807, 2.05) is 18.9 Å². The van der Waals surface area contributed by atoms with Crippen LogP contribution in [0.5, 0.6) is 0 Å². The predicted octanol–water partition coefficient (Wildman–Crippen LogP) is 2.37. The molecule has 0 atom stereocenters. The number of amides is 1. The summed E-state index contributed by atoms with van der Waals surface area (Å²) in [5.74, 6) is 1.00. The van der Waals surface area contributed by atoms with E-state index in [-0.39, 0.29) is 5.97 Å². The molecule has 0 saturated heterocycles. The highest BCUT2D eigenvalue weighted by atomic mass is 16.5. The second-order valence-corrected chi connectivity index (χ2v) is 5.91. The number of hydrogen-bond donors (Lipinski definition) is 0. The summed E-state index contributed by atoms with van der Waals surface area (Å²) in [4.78, 5) is 25.4. The summed E-state index contributed by atoms with van der Waals surface area (Å²) in [5, 5.41) is 0. The van der Waals surface area contributed by atoms with Crippen LogP contribution in [-0.4, -0.2) is 36.5 Å². The Bertz CT molecular complexity index is 330. The monoisotopic (exact) mass is 267 g/mol. The van der Waals surface area contributed by atoms with Crippen molar-refractivity contribution in [2.75, 3.05) is 13.7 Å². The van der Waals surface area contributed by atoms with Crippen LogP contribution in [-0.2, 0) is 14.3 Å². The lowest BCUT2D eigenvalue weighted by molar-refractivity contribution is -0.145. The van der Waals surface area contributed by atoms with E-state index in [1.165, 1.54) is 0 Å². The van der Waals surface area contributed by atoms with Crippen molar-refractivity contribution in [3.05, 3.63) is 0 Å². The third-order valence-electron chi connectivity index (χ3n) is 4.40. The molecule has 0 heterocycles. The number of nitrogens with zero attached hydrogens (tertiary/aromatic N) is 1. The smallest absolute Gasteiger partial charge is 0.306 e. The van der Waals surface area contributed by atoms with Crippen LogP contribution in [0, 0.1) is 11.8 Å². The van der Waals surface area contributed by atoms with Gasteiger partial charge in [0.15, 0.2) is 0 Å². The maximum absolute atomic E-state index is 12.0. The molecular weight excluding hydrogens is 242 g/mol. The van der Waals surface area contributed by atoms with Crippen LogP contribution < -0.4 is 0 Å². The standard InChI is InChI=1S/C15H25NO3/c1-3-19-14(17)10-11-4-8-13(9-5-11)16(2)15(18)12-6-7-12/h11-13H,3-10H2,1-2H3/t11-,13-. The first kappa shape index (κ1) is 14.4. The highest BCUT2D eigenvalue weighted by Crippen LogP contribution is 2.34. The fraction of sp³-hybridized carbons (Fsp3) is 0.867. The zero-order chi connectivity index (χ0) is 13.8. The van der Waals surface area contributed by atoms with E-state index in [4.69, 9.17) is 4.74 Å². The van der Waals surface area contributed by atoms with Crippen molar-refractivity contribution in [2.45, 2.75) is 57.9 Å². The van der Waals surface area contributed by atoms with E-state index in [9.17, 15) is 9.59 Å². The number of ether oxygens (including phenoxy) is 1. The van der Waals surface area contributed by atoms with Crippen molar-refractivity contribution in [3.8, 4) is 0 Å². The van der Waals surface area contributed by atoms with Gasteiger partial charge < -0.3 is 9.64 Å². The number of carbonyl (C=O) groups is 2. The van der Waals surface area contributed by atoms with Crippen molar-refractivity contribution in [1.82, 2.24) is 4.90 Å². The van der Waals surface area contributed by atoms with Gasteiger partial charge in [0.1, 0.15) is 0 Å². The van der Waals surface area contributed by atoms with Gasteiger partial charge in [-0.15, -0.1) is 0 Å². The molecule has 0 radical (unpaired) electrons. The first-order valence-electron chi connectivity index (χ1n) is 7.54. The lowest BCUT2D eigenvalue weighted by Gasteiger charge is -2.34. The Morgan fingerprint density at radius 2 is 1.74 bits per heavy atom. The van der Waals surface area contributed by atoms with Crippen LogP contribution >= 0.6 is 0 Å². The zero-order valence-corrected chi connectivity index (χ0v) is 12.1. The summed E-state index contributed by atoms with van der Waals surface area (Å²) in [7, 11) is 1.94. The molecule has 0 aliphatic heterocycles. The summed E-state index contributed by atoms with van der Waals surface area (Å²) in [5.41, 5.74) is 0. The molecule has 2 fully saturated rings. The zero-order valence-electron chi connectivity index (χ0n) is 12.1. The van der Waals surface area contributed by atoms with Gasteiger partial charge in [-0.1, -0.05) is 0 Å².